The molecule has 0 saturated carbocycles. The van der Waals surface area contributed by atoms with Crippen molar-refractivity contribution in [2.45, 2.75) is 4.90 Å². The Kier molecular flexibility index (Phi) is 6.60. The lowest BCUT2D eigenvalue weighted by molar-refractivity contribution is -0.384. The summed E-state index contributed by atoms with van der Waals surface area (Å²) in [6, 6.07) is 4.04. The first kappa shape index (κ1) is 20.0. The van der Waals surface area contributed by atoms with Crippen molar-refractivity contribution in [2.75, 3.05) is 70.6 Å². The Balaban J connectivity index is 1.70. The number of hydrogen-bond donors (Lipinski definition) is 1. The van der Waals surface area contributed by atoms with E-state index in [4.69, 9.17) is 9.47 Å². The molecule has 0 radical (unpaired) electrons. The summed E-state index contributed by atoms with van der Waals surface area (Å²) in [5, 5.41) is 11.5. The van der Waals surface area contributed by atoms with Crippen molar-refractivity contribution < 1.29 is 22.8 Å². The molecule has 150 valence electrons. The molecule has 0 atom stereocenters. The van der Waals surface area contributed by atoms with Crippen LogP contribution >= 0.6 is 0 Å². The molecule has 11 heteroatoms. The Morgan fingerprint density at radius 3 is 2.33 bits per heavy atom. The van der Waals surface area contributed by atoms with Crippen molar-refractivity contribution in [3.05, 3.63) is 28.3 Å². The molecule has 0 bridgehead atoms. The number of benzene rings is 1. The third-order valence-corrected chi connectivity index (χ3v) is 6.09. The minimum atomic E-state index is -3.82. The average Bonchev–Trinajstić information content (AvgIpc) is 2.69. The fourth-order valence-electron chi connectivity index (χ4n) is 3.13. The van der Waals surface area contributed by atoms with E-state index in [1.165, 1.54) is 12.1 Å². The van der Waals surface area contributed by atoms with Crippen LogP contribution in [0.3, 0.4) is 0 Å². The molecular weight excluding hydrogens is 376 g/mol. The molecule has 1 aromatic rings. The standard InChI is InChI=1S/C16H24N4O6S/c21-20(22)16-13-14(1-2-15(16)19-7-11-26-12-8-19)27(23,24)17-3-4-18-5-9-25-10-6-18/h1-2,13,17H,3-12H2. The first-order chi connectivity index (χ1) is 13.0. The Hall–Kier alpha value is -1.79. The van der Waals surface area contributed by atoms with Crippen LogP contribution in [0.15, 0.2) is 23.1 Å². The van der Waals surface area contributed by atoms with Gasteiger partial charge in [-0.15, -0.1) is 0 Å². The molecule has 2 aliphatic rings. The molecule has 1 aromatic carbocycles. The van der Waals surface area contributed by atoms with E-state index in [1.807, 2.05) is 4.90 Å². The summed E-state index contributed by atoms with van der Waals surface area (Å²) in [6.07, 6.45) is 0. The smallest absolute Gasteiger partial charge is 0.293 e. The number of ether oxygens (including phenoxy) is 2. The third-order valence-electron chi connectivity index (χ3n) is 4.63. The lowest BCUT2D eigenvalue weighted by atomic mass is 10.2. The molecule has 3 rings (SSSR count). The van der Waals surface area contributed by atoms with Crippen LogP contribution in [0, 0.1) is 10.1 Å². The number of rotatable bonds is 7. The van der Waals surface area contributed by atoms with Crippen molar-refractivity contribution in [3.8, 4) is 0 Å². The van der Waals surface area contributed by atoms with Gasteiger partial charge in [-0.05, 0) is 12.1 Å². The summed E-state index contributed by atoms with van der Waals surface area (Å²) in [5.74, 6) is 0. The lowest BCUT2D eigenvalue weighted by Gasteiger charge is -2.28. The van der Waals surface area contributed by atoms with Gasteiger partial charge < -0.3 is 14.4 Å². The van der Waals surface area contributed by atoms with Gasteiger partial charge in [-0.1, -0.05) is 0 Å². The maximum Gasteiger partial charge on any atom is 0.293 e. The Bertz CT molecular complexity index is 760. The molecule has 2 fully saturated rings. The van der Waals surface area contributed by atoms with Gasteiger partial charge in [0.25, 0.3) is 5.69 Å². The van der Waals surface area contributed by atoms with Gasteiger partial charge in [0, 0.05) is 45.3 Å². The zero-order chi connectivity index (χ0) is 19.3. The summed E-state index contributed by atoms with van der Waals surface area (Å²) in [5.41, 5.74) is 0.198. The van der Waals surface area contributed by atoms with Crippen molar-refractivity contribution in [1.29, 1.82) is 0 Å². The highest BCUT2D eigenvalue weighted by molar-refractivity contribution is 7.89. The second kappa shape index (κ2) is 8.93. The zero-order valence-corrected chi connectivity index (χ0v) is 15.8. The highest BCUT2D eigenvalue weighted by Gasteiger charge is 2.25. The van der Waals surface area contributed by atoms with Crippen molar-refractivity contribution in [3.63, 3.8) is 0 Å². The van der Waals surface area contributed by atoms with E-state index >= 15 is 0 Å². The van der Waals surface area contributed by atoms with E-state index in [0.29, 0.717) is 51.7 Å². The Morgan fingerprint density at radius 1 is 1.07 bits per heavy atom. The maximum atomic E-state index is 12.5. The van der Waals surface area contributed by atoms with Crippen LogP contribution in [0.1, 0.15) is 0 Å². The Labute approximate surface area is 158 Å². The summed E-state index contributed by atoms with van der Waals surface area (Å²) < 4.78 is 38.1. The predicted octanol–water partition coefficient (Wildman–Crippen LogP) is 0.0419. The third kappa shape index (κ3) is 5.14. The van der Waals surface area contributed by atoms with Crippen LogP contribution in [-0.4, -0.2) is 83.9 Å². The molecule has 2 saturated heterocycles. The monoisotopic (exact) mass is 400 g/mol. The van der Waals surface area contributed by atoms with E-state index in [9.17, 15) is 18.5 Å². The minimum Gasteiger partial charge on any atom is -0.379 e. The largest absolute Gasteiger partial charge is 0.379 e. The molecule has 2 heterocycles. The van der Waals surface area contributed by atoms with E-state index in [1.54, 1.807) is 0 Å². The molecule has 0 aliphatic carbocycles. The van der Waals surface area contributed by atoms with Gasteiger partial charge in [0.2, 0.25) is 10.0 Å². The first-order valence-electron chi connectivity index (χ1n) is 8.88. The van der Waals surface area contributed by atoms with Crippen molar-refractivity contribution >= 4 is 21.4 Å². The first-order valence-corrected chi connectivity index (χ1v) is 10.4. The molecule has 0 spiro atoms. The number of nitrogens with one attached hydrogen (secondary N) is 1. The van der Waals surface area contributed by atoms with E-state index < -0.39 is 14.9 Å². The molecule has 1 N–H and O–H groups in total. The van der Waals surface area contributed by atoms with Crippen LogP contribution < -0.4 is 9.62 Å². The lowest BCUT2D eigenvalue weighted by Crippen LogP contribution is -2.41. The molecule has 10 nitrogen and oxygen atoms in total. The van der Waals surface area contributed by atoms with Crippen LogP contribution in [0.5, 0.6) is 0 Å². The molecular formula is C16H24N4O6S. The number of sulfonamides is 1. The number of nitrogens with zero attached hydrogens (tertiary/aromatic N) is 3. The highest BCUT2D eigenvalue weighted by atomic mass is 32.2. The summed E-state index contributed by atoms with van der Waals surface area (Å²) in [4.78, 5) is 14.8. The van der Waals surface area contributed by atoms with E-state index in [-0.39, 0.29) is 17.1 Å². The second-order valence-electron chi connectivity index (χ2n) is 6.36. The van der Waals surface area contributed by atoms with Crippen molar-refractivity contribution in [2.24, 2.45) is 0 Å². The van der Waals surface area contributed by atoms with Gasteiger partial charge in [0.15, 0.2) is 0 Å². The van der Waals surface area contributed by atoms with E-state index in [0.717, 1.165) is 19.2 Å². The molecule has 27 heavy (non-hydrogen) atoms. The van der Waals surface area contributed by atoms with Crippen LogP contribution in [0.25, 0.3) is 0 Å². The van der Waals surface area contributed by atoms with Gasteiger partial charge in [0.1, 0.15) is 5.69 Å². The summed E-state index contributed by atoms with van der Waals surface area (Å²) >= 11 is 0. The predicted molar refractivity (Wildman–Crippen MR) is 98.6 cm³/mol. The fraction of sp³-hybridized carbons (Fsp3) is 0.625. The second-order valence-corrected chi connectivity index (χ2v) is 8.13. The number of nitro groups is 1. The number of morpholine rings is 2. The maximum absolute atomic E-state index is 12.5. The summed E-state index contributed by atoms with van der Waals surface area (Å²) in [7, 11) is -3.82. The zero-order valence-electron chi connectivity index (χ0n) is 15.0. The van der Waals surface area contributed by atoms with Gasteiger partial charge in [-0.3, -0.25) is 15.0 Å². The van der Waals surface area contributed by atoms with Gasteiger partial charge in [0.05, 0.1) is 36.2 Å². The van der Waals surface area contributed by atoms with Gasteiger partial charge in [-0.25, -0.2) is 13.1 Å². The SMILES string of the molecule is O=[N+]([O-])c1cc(S(=O)(=O)NCCN2CCOCC2)ccc1N1CCOCC1. The topological polar surface area (TPSA) is 114 Å². The Morgan fingerprint density at radius 2 is 1.70 bits per heavy atom. The average molecular weight is 400 g/mol. The van der Waals surface area contributed by atoms with Crippen molar-refractivity contribution in [1.82, 2.24) is 9.62 Å². The molecule has 2 aliphatic heterocycles. The quantitative estimate of drug-likeness (QED) is 0.504. The summed E-state index contributed by atoms with van der Waals surface area (Å²) in [6.45, 7) is 5.65. The van der Waals surface area contributed by atoms with Gasteiger partial charge in [-0.2, -0.15) is 0 Å². The highest BCUT2D eigenvalue weighted by Crippen LogP contribution is 2.31. The van der Waals surface area contributed by atoms with Crippen LogP contribution in [0.4, 0.5) is 11.4 Å². The number of nitro benzene ring substituents is 1. The van der Waals surface area contributed by atoms with Crippen LogP contribution in [-0.2, 0) is 19.5 Å². The number of hydrogen-bond acceptors (Lipinski definition) is 8. The molecule has 0 amide bonds. The van der Waals surface area contributed by atoms with Crippen LogP contribution in [0.2, 0.25) is 0 Å². The normalized spacial score (nSPS) is 19.2. The van der Waals surface area contributed by atoms with E-state index in [2.05, 4.69) is 9.62 Å². The number of anilines is 1. The minimum absolute atomic E-state index is 0.104. The fourth-order valence-corrected chi connectivity index (χ4v) is 4.18. The molecule has 0 unspecified atom stereocenters. The molecule has 0 aromatic heterocycles. The van der Waals surface area contributed by atoms with Gasteiger partial charge >= 0.3 is 0 Å².